The van der Waals surface area contributed by atoms with E-state index in [-0.39, 0.29) is 13.1 Å². The van der Waals surface area contributed by atoms with Gasteiger partial charge in [0.2, 0.25) is 0 Å². The molecule has 1 aromatic carbocycles. The maximum Gasteiger partial charge on any atom is 0.417 e. The molecule has 0 spiro atoms. The Morgan fingerprint density at radius 3 is 2.61 bits per heavy atom. The van der Waals surface area contributed by atoms with Gasteiger partial charge in [0.05, 0.1) is 29.3 Å². The minimum Gasteiger partial charge on any atom is -0.356 e. The van der Waals surface area contributed by atoms with Crippen molar-refractivity contribution in [2.45, 2.75) is 49.8 Å². The summed E-state index contributed by atoms with van der Waals surface area (Å²) in [5.41, 5.74) is -0.699. The maximum atomic E-state index is 13.2. The number of fused-ring (bicyclic) bond motifs is 1. The van der Waals surface area contributed by atoms with Gasteiger partial charge in [0, 0.05) is 24.9 Å². The lowest BCUT2D eigenvalue weighted by Gasteiger charge is -2.18. The van der Waals surface area contributed by atoms with Crippen LogP contribution in [0.1, 0.15) is 42.6 Å². The Morgan fingerprint density at radius 1 is 1.18 bits per heavy atom. The summed E-state index contributed by atoms with van der Waals surface area (Å²) in [6.45, 7) is 6.37. The van der Waals surface area contributed by atoms with Crippen molar-refractivity contribution < 1.29 is 18.0 Å². The summed E-state index contributed by atoms with van der Waals surface area (Å²) in [4.78, 5) is 24.1. The van der Waals surface area contributed by atoms with Crippen molar-refractivity contribution in [3.63, 3.8) is 0 Å². The summed E-state index contributed by atoms with van der Waals surface area (Å²) in [6, 6.07) is 4.75. The van der Waals surface area contributed by atoms with Crippen LogP contribution < -0.4 is 10.2 Å². The molecule has 0 saturated carbocycles. The van der Waals surface area contributed by atoms with Crippen molar-refractivity contribution in [2.24, 2.45) is 0 Å². The van der Waals surface area contributed by atoms with Crippen LogP contribution in [0.25, 0.3) is 11.0 Å². The molecule has 11 heteroatoms. The number of benzene rings is 1. The molecule has 0 radical (unpaired) electrons. The lowest BCUT2D eigenvalue weighted by atomic mass is 10.1. The summed E-state index contributed by atoms with van der Waals surface area (Å²) in [7, 11) is 0. The molecule has 0 unspecified atom stereocenters. The fourth-order valence-corrected chi connectivity index (χ4v) is 4.52. The van der Waals surface area contributed by atoms with E-state index in [4.69, 9.17) is 4.98 Å². The highest BCUT2D eigenvalue weighted by atomic mass is 32.2. The number of rotatable bonds is 7. The van der Waals surface area contributed by atoms with Gasteiger partial charge in [-0.2, -0.15) is 18.3 Å². The predicted molar refractivity (Wildman–Crippen MR) is 122 cm³/mol. The van der Waals surface area contributed by atoms with Crippen molar-refractivity contribution >= 4 is 34.5 Å². The summed E-state index contributed by atoms with van der Waals surface area (Å²) < 4.78 is 41.3. The van der Waals surface area contributed by atoms with Gasteiger partial charge in [0.25, 0.3) is 5.91 Å². The van der Waals surface area contributed by atoms with Gasteiger partial charge in [-0.05, 0) is 25.0 Å². The van der Waals surface area contributed by atoms with Gasteiger partial charge < -0.3 is 10.2 Å². The molecule has 1 aliphatic heterocycles. The third-order valence-electron chi connectivity index (χ3n) is 5.29. The number of alkyl halides is 3. The lowest BCUT2D eigenvalue weighted by Crippen LogP contribution is -2.29. The minimum atomic E-state index is -4.60. The van der Waals surface area contributed by atoms with Crippen molar-refractivity contribution in [3.8, 4) is 0 Å². The number of carbonyl (C=O) groups excluding carboxylic acids is 1. The number of aromatic nitrogens is 4. The summed E-state index contributed by atoms with van der Waals surface area (Å²) in [5.74, 6) is 0.0814. The third-order valence-corrected chi connectivity index (χ3v) is 6.15. The molecule has 3 aromatic rings. The predicted octanol–water partition coefficient (Wildman–Crippen LogP) is 4.38. The molecule has 1 saturated heterocycles. The van der Waals surface area contributed by atoms with Crippen LogP contribution in [0.4, 0.5) is 19.0 Å². The molecule has 33 heavy (non-hydrogen) atoms. The van der Waals surface area contributed by atoms with E-state index in [1.165, 1.54) is 18.2 Å². The normalized spacial score (nSPS) is 14.4. The Morgan fingerprint density at radius 2 is 1.91 bits per heavy atom. The van der Waals surface area contributed by atoms with Crippen LogP contribution >= 0.6 is 11.8 Å². The number of hydrogen-bond acceptors (Lipinski definition) is 6. The van der Waals surface area contributed by atoms with Gasteiger partial charge in [0.1, 0.15) is 5.82 Å². The number of hydrogen-bond donors (Lipinski definition) is 1. The molecule has 4 rings (SSSR count). The number of thioether (sulfide) groups is 1. The van der Waals surface area contributed by atoms with E-state index >= 15 is 0 Å². The van der Waals surface area contributed by atoms with Crippen LogP contribution in [0.2, 0.25) is 0 Å². The van der Waals surface area contributed by atoms with E-state index in [9.17, 15) is 18.0 Å². The highest BCUT2D eigenvalue weighted by Gasteiger charge is 2.34. The van der Waals surface area contributed by atoms with E-state index < -0.39 is 23.2 Å². The van der Waals surface area contributed by atoms with Crippen molar-refractivity contribution in [1.29, 1.82) is 0 Å². The number of nitrogens with one attached hydrogen (secondary N) is 1. The summed E-state index contributed by atoms with van der Waals surface area (Å²) in [6.07, 6.45) is -0.664. The van der Waals surface area contributed by atoms with Crippen molar-refractivity contribution in [1.82, 2.24) is 25.1 Å². The summed E-state index contributed by atoms with van der Waals surface area (Å²) >= 11 is 1.56. The Balaban J connectivity index is 1.54. The number of anilines is 1. The molecule has 1 amide bonds. The average Bonchev–Trinajstić information content (AvgIpc) is 3.43. The van der Waals surface area contributed by atoms with Crippen LogP contribution in [0.15, 0.2) is 35.6 Å². The first-order valence-corrected chi connectivity index (χ1v) is 11.7. The van der Waals surface area contributed by atoms with Gasteiger partial charge in [-0.1, -0.05) is 37.7 Å². The van der Waals surface area contributed by atoms with E-state index in [0.29, 0.717) is 16.1 Å². The van der Waals surface area contributed by atoms with Crippen LogP contribution in [0.5, 0.6) is 0 Å². The topological polar surface area (TPSA) is 75.9 Å². The largest absolute Gasteiger partial charge is 0.417 e. The maximum absolute atomic E-state index is 13.2. The molecular weight excluding hydrogens is 453 g/mol. The Labute approximate surface area is 193 Å². The molecule has 1 aliphatic rings. The van der Waals surface area contributed by atoms with E-state index in [0.717, 1.165) is 43.2 Å². The quantitative estimate of drug-likeness (QED) is 0.401. The summed E-state index contributed by atoms with van der Waals surface area (Å²) in [5, 5.41) is 8.79. The highest BCUT2D eigenvalue weighted by molar-refractivity contribution is 7.99. The highest BCUT2D eigenvalue weighted by Crippen LogP contribution is 2.32. The second-order valence-electron chi connectivity index (χ2n) is 8.09. The number of carbonyl (C=O) groups is 1. The SMILES string of the molecule is CC(C)Sc1nc(N2CCCC2)c2cnn(CCNC(=O)c3ccccc3C(F)(F)F)c2n1. The molecule has 2 aromatic heterocycles. The Kier molecular flexibility index (Phi) is 6.78. The second-order valence-corrected chi connectivity index (χ2v) is 9.64. The second kappa shape index (κ2) is 9.58. The molecule has 1 N–H and O–H groups in total. The standard InChI is InChI=1S/C22H25F3N6OS/c1-14(2)33-21-28-18(30-10-5-6-11-30)16-13-27-31(19(16)29-21)12-9-26-20(32)15-7-3-4-8-17(15)22(23,24)25/h3-4,7-8,13-14H,5-6,9-12H2,1-2H3,(H,26,32). The monoisotopic (exact) mass is 478 g/mol. The van der Waals surface area contributed by atoms with Gasteiger partial charge in [0.15, 0.2) is 10.8 Å². The van der Waals surface area contributed by atoms with Gasteiger partial charge in [-0.15, -0.1) is 0 Å². The first kappa shape index (κ1) is 23.3. The van der Waals surface area contributed by atoms with Gasteiger partial charge in [-0.3, -0.25) is 4.79 Å². The van der Waals surface area contributed by atoms with E-state index in [2.05, 4.69) is 34.1 Å². The Hall–Kier alpha value is -2.82. The van der Waals surface area contributed by atoms with E-state index in [1.54, 1.807) is 22.6 Å². The zero-order chi connectivity index (χ0) is 23.6. The fourth-order valence-electron chi connectivity index (χ4n) is 3.82. The van der Waals surface area contributed by atoms with Crippen molar-refractivity contribution in [3.05, 3.63) is 41.6 Å². The van der Waals surface area contributed by atoms with Crippen LogP contribution in [-0.2, 0) is 12.7 Å². The molecule has 1 fully saturated rings. The van der Waals surface area contributed by atoms with Crippen molar-refractivity contribution in [2.75, 3.05) is 24.5 Å². The molecule has 0 bridgehead atoms. The molecule has 7 nitrogen and oxygen atoms in total. The first-order chi connectivity index (χ1) is 15.7. The number of halogens is 3. The molecule has 3 heterocycles. The number of amides is 1. The first-order valence-electron chi connectivity index (χ1n) is 10.8. The minimum absolute atomic E-state index is 0.109. The Bertz CT molecular complexity index is 1140. The molecule has 0 aliphatic carbocycles. The number of nitrogens with zero attached hydrogens (tertiary/aromatic N) is 5. The smallest absolute Gasteiger partial charge is 0.356 e. The van der Waals surface area contributed by atoms with Gasteiger partial charge >= 0.3 is 6.18 Å². The zero-order valence-corrected chi connectivity index (χ0v) is 19.2. The molecule has 0 atom stereocenters. The third kappa shape index (κ3) is 5.23. The van der Waals surface area contributed by atoms with Crippen LogP contribution in [0, 0.1) is 0 Å². The molecular formula is C22H25F3N6OS. The average molecular weight is 479 g/mol. The van der Waals surface area contributed by atoms with E-state index in [1.807, 2.05) is 0 Å². The molecule has 176 valence electrons. The lowest BCUT2D eigenvalue weighted by molar-refractivity contribution is -0.137. The van der Waals surface area contributed by atoms with Crippen LogP contribution in [-0.4, -0.2) is 50.5 Å². The van der Waals surface area contributed by atoms with Crippen LogP contribution in [0.3, 0.4) is 0 Å². The fraction of sp³-hybridized carbons (Fsp3) is 0.455. The zero-order valence-electron chi connectivity index (χ0n) is 18.4. The van der Waals surface area contributed by atoms with Gasteiger partial charge in [-0.25, -0.2) is 14.6 Å².